The van der Waals surface area contributed by atoms with Crippen LogP contribution in [0.5, 0.6) is 0 Å². The number of aromatic nitrogens is 1. The molecule has 0 radical (unpaired) electrons. The van der Waals surface area contributed by atoms with Crippen molar-refractivity contribution in [1.29, 1.82) is 0 Å². The Morgan fingerprint density at radius 2 is 2.27 bits per heavy atom. The normalized spacial score (nSPS) is 9.55. The maximum absolute atomic E-state index is 5.78. The van der Waals surface area contributed by atoms with Gasteiger partial charge in [0.15, 0.2) is 0 Å². The molecule has 0 aliphatic rings. The third-order valence-corrected chi connectivity index (χ3v) is 4.56. The number of hydrogen-bond donors (Lipinski definition) is 0. The van der Waals surface area contributed by atoms with Gasteiger partial charge in [0.1, 0.15) is 0 Å². The van der Waals surface area contributed by atoms with E-state index in [2.05, 4.69) is 3.98 Å². The van der Waals surface area contributed by atoms with E-state index in [4.69, 9.17) is 11.6 Å². The van der Waals surface area contributed by atoms with Gasteiger partial charge in [-0.1, -0.05) is 0 Å². The summed E-state index contributed by atoms with van der Waals surface area (Å²) in [7, 11) is 1.79. The average molecular weight is 271 g/mol. The Hall–Kier alpha value is 0.339. The number of benzene rings is 1. The van der Waals surface area contributed by atoms with Gasteiger partial charge in [-0.3, -0.25) is 0 Å². The third-order valence-electron chi connectivity index (χ3n) is 1.18. The van der Waals surface area contributed by atoms with E-state index in [1.807, 2.05) is 18.2 Å². The minimum atomic E-state index is 0. The van der Waals surface area contributed by atoms with Crippen LogP contribution in [0.3, 0.4) is 0 Å². The van der Waals surface area contributed by atoms with Crippen molar-refractivity contribution in [3.63, 3.8) is 0 Å². The molecule has 1 aromatic heterocycles. The van der Waals surface area contributed by atoms with Gasteiger partial charge in [0.05, 0.1) is 0 Å². The van der Waals surface area contributed by atoms with Gasteiger partial charge in [0, 0.05) is 0 Å². The summed E-state index contributed by atoms with van der Waals surface area (Å²) in [6, 6.07) is 5.82. The zero-order valence-corrected chi connectivity index (χ0v) is 9.29. The van der Waals surface area contributed by atoms with Gasteiger partial charge < -0.3 is 12.4 Å². The molecular weight excluding hydrogens is 268 g/mol. The summed E-state index contributed by atoms with van der Waals surface area (Å²) in [4.78, 5) is 0. The van der Waals surface area contributed by atoms with Crippen molar-refractivity contribution in [3.8, 4) is 0 Å². The second-order valence-corrected chi connectivity index (χ2v) is 5.42. The van der Waals surface area contributed by atoms with Crippen LogP contribution in [0.4, 0.5) is 0 Å². The van der Waals surface area contributed by atoms with E-state index >= 15 is 0 Å². The predicted molar refractivity (Wildman–Crippen MR) is 46.0 cm³/mol. The molecule has 0 N–H and O–H groups in total. The minimum absolute atomic E-state index is 0. The molecule has 11 heavy (non-hydrogen) atoms. The molecule has 0 unspecified atom stereocenters. The van der Waals surface area contributed by atoms with Crippen molar-refractivity contribution in [2.24, 2.45) is 0 Å². The molecule has 0 amide bonds. The number of hydrogen-bond acceptors (Lipinski definition) is 1. The first-order chi connectivity index (χ1) is 4.86. The first-order valence-corrected chi connectivity index (χ1v) is 6.69. The Morgan fingerprint density at radius 3 is 3.09 bits per heavy atom. The van der Waals surface area contributed by atoms with E-state index in [9.17, 15) is 0 Å². The van der Waals surface area contributed by atoms with Gasteiger partial charge in [0.25, 0.3) is 0 Å². The van der Waals surface area contributed by atoms with Crippen LogP contribution >= 0.6 is 21.3 Å². The van der Waals surface area contributed by atoms with E-state index in [-0.39, 0.29) is 12.4 Å². The topological polar surface area (TPSA) is 12.9 Å². The summed E-state index contributed by atoms with van der Waals surface area (Å²) >= 11 is 6.13. The van der Waals surface area contributed by atoms with E-state index in [1.54, 1.807) is 9.72 Å². The molecule has 1 nitrogen and oxygen atoms in total. The summed E-state index contributed by atoms with van der Waals surface area (Å²) in [5.41, 5.74) is 1.11. The molecular formula is C6H3Cl2NSSe. The van der Waals surface area contributed by atoms with E-state index in [1.165, 1.54) is 4.70 Å². The van der Waals surface area contributed by atoms with Crippen molar-refractivity contribution in [3.05, 3.63) is 23.2 Å². The maximum Gasteiger partial charge on any atom is -1.00 e. The molecule has 0 saturated heterocycles. The first kappa shape index (κ1) is 9.43. The second-order valence-electron chi connectivity index (χ2n) is 1.86. The molecule has 5 heteroatoms. The molecule has 2 rings (SSSR count). The fraction of sp³-hybridized carbons (Fsp3) is 0. The molecule has 0 fully saturated rings. The molecule has 2 aromatic rings. The van der Waals surface area contributed by atoms with Crippen LogP contribution < -0.4 is 12.4 Å². The van der Waals surface area contributed by atoms with Gasteiger partial charge in [-0.05, 0) is 0 Å². The third kappa shape index (κ3) is 1.92. The van der Waals surface area contributed by atoms with Crippen LogP contribution in [0.15, 0.2) is 18.2 Å². The number of rotatable bonds is 0. The summed E-state index contributed by atoms with van der Waals surface area (Å²) in [6.07, 6.45) is 0. The average Bonchev–Trinajstić information content (AvgIpc) is 2.33. The van der Waals surface area contributed by atoms with Crippen LogP contribution in [0, 0.1) is 0 Å². The van der Waals surface area contributed by atoms with Gasteiger partial charge in [-0.25, -0.2) is 0 Å². The van der Waals surface area contributed by atoms with E-state index < -0.39 is 0 Å². The SMILES string of the molecule is Clc1ccc2n[se][s+]c2c1.[Cl-]. The van der Waals surface area contributed by atoms with Crippen LogP contribution in [0.25, 0.3) is 10.2 Å². The van der Waals surface area contributed by atoms with Crippen LogP contribution in [-0.2, 0) is 0 Å². The first-order valence-electron chi connectivity index (χ1n) is 2.70. The van der Waals surface area contributed by atoms with Crippen LogP contribution in [-0.4, -0.2) is 17.6 Å². The maximum atomic E-state index is 5.78. The summed E-state index contributed by atoms with van der Waals surface area (Å²) in [5, 5.41) is 0.805. The monoisotopic (exact) mass is 271 g/mol. The molecule has 0 spiro atoms. The Labute approximate surface area is 84.5 Å². The zero-order valence-electron chi connectivity index (χ0n) is 5.25. The van der Waals surface area contributed by atoms with E-state index in [0.717, 1.165) is 10.5 Å². The Kier molecular flexibility index (Phi) is 3.28. The minimum Gasteiger partial charge on any atom is -1.00 e. The van der Waals surface area contributed by atoms with Crippen molar-refractivity contribution < 1.29 is 12.4 Å². The quantitative estimate of drug-likeness (QED) is 0.456. The standard InChI is InChI=1S/C6H3ClNSSe.ClH/c7-4-1-2-5-6(3-4)9-10-8-5;/h1-3H;1H/q+1;/p-1. The molecule has 0 saturated carbocycles. The van der Waals surface area contributed by atoms with Crippen molar-refractivity contribution >= 4 is 45.1 Å². The van der Waals surface area contributed by atoms with Gasteiger partial charge in [-0.15, -0.1) is 0 Å². The summed E-state index contributed by atoms with van der Waals surface area (Å²) < 4.78 is 5.54. The molecule has 58 valence electrons. The molecule has 0 bridgehead atoms. The van der Waals surface area contributed by atoms with Crippen molar-refractivity contribution in [1.82, 2.24) is 3.98 Å². The number of nitrogens with zero attached hydrogens (tertiary/aromatic N) is 1. The second kappa shape index (κ2) is 3.83. The van der Waals surface area contributed by atoms with Crippen molar-refractivity contribution in [2.75, 3.05) is 0 Å². The van der Waals surface area contributed by atoms with Crippen LogP contribution in [0.1, 0.15) is 0 Å². The Balaban J connectivity index is 0.000000605. The predicted octanol–water partition coefficient (Wildman–Crippen LogP) is -0.708. The van der Waals surface area contributed by atoms with Crippen LogP contribution in [0.2, 0.25) is 5.02 Å². The fourth-order valence-corrected chi connectivity index (χ4v) is 4.09. The summed E-state index contributed by atoms with van der Waals surface area (Å²) in [5.74, 6) is 0. The molecule has 1 aromatic carbocycles. The molecule has 0 aliphatic carbocycles. The smallest absolute Gasteiger partial charge is 1.00 e. The molecule has 0 aliphatic heterocycles. The molecule has 1 heterocycles. The summed E-state index contributed by atoms with van der Waals surface area (Å²) in [6.45, 7) is 0. The zero-order chi connectivity index (χ0) is 6.97. The Morgan fingerprint density at radius 1 is 1.45 bits per heavy atom. The fourth-order valence-electron chi connectivity index (χ4n) is 0.729. The Bertz CT molecular complexity index is 362. The van der Waals surface area contributed by atoms with E-state index in [0.29, 0.717) is 13.6 Å². The molecule has 0 atom stereocenters. The van der Waals surface area contributed by atoms with Crippen molar-refractivity contribution in [2.45, 2.75) is 0 Å². The number of halogens is 2. The van der Waals surface area contributed by atoms with Gasteiger partial charge in [0.2, 0.25) is 0 Å². The van der Waals surface area contributed by atoms with Gasteiger partial charge >= 0.3 is 72.3 Å². The van der Waals surface area contributed by atoms with Gasteiger partial charge in [-0.2, -0.15) is 0 Å². The largest absolute Gasteiger partial charge is 1.00 e. The number of fused-ring (bicyclic) bond motifs is 1.